The number of allylic oxidation sites excluding steroid dienone is 2. The molecule has 0 saturated carbocycles. The predicted octanol–water partition coefficient (Wildman–Crippen LogP) is 2.14. The molecule has 2 rings (SSSR count). The molecule has 0 fully saturated rings. The van der Waals surface area contributed by atoms with Gasteiger partial charge in [0.25, 0.3) is 0 Å². The average molecular weight is 191 g/mol. The van der Waals surface area contributed by atoms with Crippen LogP contribution in [0.1, 0.15) is 25.3 Å². The molecule has 0 saturated heterocycles. The van der Waals surface area contributed by atoms with Crippen LogP contribution in [-0.4, -0.2) is 4.57 Å². The van der Waals surface area contributed by atoms with E-state index in [1.54, 1.807) is 4.57 Å². The van der Waals surface area contributed by atoms with Crippen LogP contribution in [0.5, 0.6) is 0 Å². The Balaban J connectivity index is 2.61. The molecule has 0 aliphatic heterocycles. The summed E-state index contributed by atoms with van der Waals surface area (Å²) in [5, 5.41) is 0. The van der Waals surface area contributed by atoms with Gasteiger partial charge in [-0.2, -0.15) is 0 Å². The number of aromatic nitrogens is 1. The summed E-state index contributed by atoms with van der Waals surface area (Å²) in [6.07, 6.45) is 7.90. The number of fused-ring (bicyclic) bond motifs is 1. The maximum Gasteiger partial charge on any atom is 0.419 e. The second kappa shape index (κ2) is 3.33. The molecule has 0 N–H and O–H groups in total. The summed E-state index contributed by atoms with van der Waals surface area (Å²) in [5.74, 6) is 0.775. The quantitative estimate of drug-likeness (QED) is 0.681. The van der Waals surface area contributed by atoms with Gasteiger partial charge < -0.3 is 4.42 Å². The summed E-state index contributed by atoms with van der Waals surface area (Å²) in [6, 6.07) is 0. The Morgan fingerprint density at radius 3 is 2.86 bits per heavy atom. The van der Waals surface area contributed by atoms with Gasteiger partial charge in [-0.05, 0) is 25.0 Å². The molecule has 0 amide bonds. The van der Waals surface area contributed by atoms with E-state index in [1.807, 2.05) is 25.2 Å². The minimum absolute atomic E-state index is 0.277. The summed E-state index contributed by atoms with van der Waals surface area (Å²) in [5.41, 5.74) is 0.873. The Kier molecular flexibility index (Phi) is 2.15. The second-order valence-corrected chi connectivity index (χ2v) is 3.44. The van der Waals surface area contributed by atoms with Gasteiger partial charge in [-0.25, -0.2) is 4.79 Å². The number of hydrogen-bond donors (Lipinski definition) is 0. The largest absolute Gasteiger partial charge is 0.419 e. The summed E-state index contributed by atoms with van der Waals surface area (Å²) < 4.78 is 6.76. The Bertz CT molecular complexity index is 448. The first kappa shape index (κ1) is 9.06. The molecule has 3 nitrogen and oxygen atoms in total. The lowest BCUT2D eigenvalue weighted by Gasteiger charge is -1.97. The molecule has 1 atom stereocenters. The average Bonchev–Trinajstić information content (AvgIpc) is 2.36. The minimum Gasteiger partial charge on any atom is -0.408 e. The van der Waals surface area contributed by atoms with Crippen LogP contribution in [0.4, 0.5) is 0 Å². The second-order valence-electron chi connectivity index (χ2n) is 3.44. The third kappa shape index (κ3) is 1.35. The number of oxazole rings is 1. The van der Waals surface area contributed by atoms with Gasteiger partial charge in [0.1, 0.15) is 0 Å². The summed E-state index contributed by atoms with van der Waals surface area (Å²) >= 11 is 0. The lowest BCUT2D eigenvalue weighted by Crippen LogP contribution is -2.13. The van der Waals surface area contributed by atoms with E-state index in [-0.39, 0.29) is 5.76 Å². The fourth-order valence-corrected chi connectivity index (χ4v) is 1.57. The van der Waals surface area contributed by atoms with Crippen molar-refractivity contribution in [1.29, 1.82) is 0 Å². The van der Waals surface area contributed by atoms with Crippen LogP contribution in [0.15, 0.2) is 21.4 Å². The van der Waals surface area contributed by atoms with Crippen molar-refractivity contribution in [3.8, 4) is 0 Å². The molecule has 1 aromatic rings. The van der Waals surface area contributed by atoms with E-state index in [4.69, 9.17) is 4.42 Å². The van der Waals surface area contributed by atoms with Crippen LogP contribution in [-0.2, 0) is 6.54 Å². The lowest BCUT2D eigenvalue weighted by atomic mass is 10.2. The van der Waals surface area contributed by atoms with Gasteiger partial charge in [0, 0.05) is 6.54 Å². The first-order chi connectivity index (χ1) is 6.72. The summed E-state index contributed by atoms with van der Waals surface area (Å²) in [6.45, 7) is 4.67. The van der Waals surface area contributed by atoms with Crippen molar-refractivity contribution in [2.45, 2.75) is 20.4 Å². The number of rotatable bonds is 1. The standard InChI is InChI=1S/C11H13NO2/c1-3-12-9-6-4-8(2)5-7-10(9)14-11(12)13/h4-8H,3H2,1-2H3. The summed E-state index contributed by atoms with van der Waals surface area (Å²) in [7, 11) is 0. The zero-order valence-corrected chi connectivity index (χ0v) is 8.36. The molecule has 14 heavy (non-hydrogen) atoms. The van der Waals surface area contributed by atoms with E-state index < -0.39 is 0 Å². The van der Waals surface area contributed by atoms with Crippen molar-refractivity contribution in [3.05, 3.63) is 34.2 Å². The van der Waals surface area contributed by atoms with E-state index in [2.05, 4.69) is 13.0 Å². The first-order valence-corrected chi connectivity index (χ1v) is 4.82. The number of hydrogen-bond acceptors (Lipinski definition) is 2. The van der Waals surface area contributed by atoms with E-state index in [0.717, 1.165) is 5.69 Å². The molecule has 1 unspecified atom stereocenters. The van der Waals surface area contributed by atoms with Crippen LogP contribution >= 0.6 is 0 Å². The van der Waals surface area contributed by atoms with Crippen molar-refractivity contribution in [1.82, 2.24) is 4.57 Å². The molecule has 1 aliphatic rings. The van der Waals surface area contributed by atoms with Gasteiger partial charge in [0.15, 0.2) is 5.76 Å². The van der Waals surface area contributed by atoms with Gasteiger partial charge >= 0.3 is 5.76 Å². The lowest BCUT2D eigenvalue weighted by molar-refractivity contribution is 0.477. The topological polar surface area (TPSA) is 35.1 Å². The molecule has 1 heterocycles. The minimum atomic E-state index is -0.277. The van der Waals surface area contributed by atoms with Crippen LogP contribution in [0.2, 0.25) is 0 Å². The zero-order chi connectivity index (χ0) is 10.1. The fourth-order valence-electron chi connectivity index (χ4n) is 1.57. The predicted molar refractivity (Wildman–Crippen MR) is 55.9 cm³/mol. The third-order valence-corrected chi connectivity index (χ3v) is 2.39. The third-order valence-electron chi connectivity index (χ3n) is 2.39. The van der Waals surface area contributed by atoms with Gasteiger partial charge in [-0.3, -0.25) is 4.57 Å². The van der Waals surface area contributed by atoms with Gasteiger partial charge in [-0.1, -0.05) is 19.1 Å². The molecule has 1 aromatic heterocycles. The maximum atomic E-state index is 11.4. The van der Waals surface area contributed by atoms with E-state index >= 15 is 0 Å². The smallest absolute Gasteiger partial charge is 0.408 e. The fraction of sp³-hybridized carbons (Fsp3) is 0.364. The number of nitrogens with zero attached hydrogens (tertiary/aromatic N) is 1. The molecule has 0 bridgehead atoms. The van der Waals surface area contributed by atoms with Gasteiger partial charge in [0.05, 0.1) is 5.69 Å². The Morgan fingerprint density at radius 2 is 2.14 bits per heavy atom. The first-order valence-electron chi connectivity index (χ1n) is 4.82. The molecule has 3 heteroatoms. The molecule has 0 radical (unpaired) electrons. The Labute approximate surface area is 82.4 Å². The molecular weight excluding hydrogens is 178 g/mol. The van der Waals surface area contributed by atoms with Gasteiger partial charge in [0.2, 0.25) is 0 Å². The summed E-state index contributed by atoms with van der Waals surface area (Å²) in [4.78, 5) is 11.4. The normalized spacial score (nSPS) is 19.4. The zero-order valence-electron chi connectivity index (χ0n) is 8.36. The molecule has 1 aliphatic carbocycles. The molecule has 0 aromatic carbocycles. The van der Waals surface area contributed by atoms with Crippen LogP contribution in [0.3, 0.4) is 0 Å². The Hall–Kier alpha value is -1.51. The highest BCUT2D eigenvalue weighted by Gasteiger charge is 2.12. The Morgan fingerprint density at radius 1 is 1.43 bits per heavy atom. The van der Waals surface area contributed by atoms with Crippen molar-refractivity contribution < 1.29 is 4.42 Å². The highest BCUT2D eigenvalue weighted by Crippen LogP contribution is 2.18. The molecule has 0 spiro atoms. The monoisotopic (exact) mass is 191 g/mol. The molecule has 74 valence electrons. The van der Waals surface area contributed by atoms with E-state index in [0.29, 0.717) is 18.2 Å². The van der Waals surface area contributed by atoms with Gasteiger partial charge in [-0.15, -0.1) is 0 Å². The molecular formula is C11H13NO2. The van der Waals surface area contributed by atoms with Crippen molar-refractivity contribution >= 4 is 12.2 Å². The SMILES string of the molecule is CCn1c2c(oc1=O)C=CC(C)C=C2. The maximum absolute atomic E-state index is 11.4. The van der Waals surface area contributed by atoms with Crippen LogP contribution < -0.4 is 5.76 Å². The van der Waals surface area contributed by atoms with Crippen molar-refractivity contribution in [2.24, 2.45) is 5.92 Å². The van der Waals surface area contributed by atoms with Crippen LogP contribution in [0, 0.1) is 5.92 Å². The van der Waals surface area contributed by atoms with Crippen molar-refractivity contribution in [2.75, 3.05) is 0 Å². The van der Waals surface area contributed by atoms with E-state index in [1.165, 1.54) is 0 Å². The van der Waals surface area contributed by atoms with E-state index in [9.17, 15) is 4.79 Å². The highest BCUT2D eigenvalue weighted by atomic mass is 16.4. The van der Waals surface area contributed by atoms with Crippen molar-refractivity contribution in [3.63, 3.8) is 0 Å². The van der Waals surface area contributed by atoms with Crippen LogP contribution in [0.25, 0.3) is 12.2 Å². The highest BCUT2D eigenvalue weighted by molar-refractivity contribution is 5.61.